The van der Waals surface area contributed by atoms with Crippen molar-refractivity contribution in [2.45, 2.75) is 96.6 Å². The Bertz CT molecular complexity index is 784. The van der Waals surface area contributed by atoms with Crippen LogP contribution in [0.2, 0.25) is 5.15 Å². The zero-order valence-corrected chi connectivity index (χ0v) is 18.8. The van der Waals surface area contributed by atoms with E-state index in [1.807, 2.05) is 0 Å². The summed E-state index contributed by atoms with van der Waals surface area (Å²) >= 11 is 6.33. The number of aryl methyl sites for hydroxylation is 1. The van der Waals surface area contributed by atoms with E-state index in [9.17, 15) is 5.11 Å². The van der Waals surface area contributed by atoms with Crippen LogP contribution in [0.4, 0.5) is 0 Å². The lowest BCUT2D eigenvalue weighted by Gasteiger charge is -2.39. The average Bonchev–Trinajstić information content (AvgIpc) is 3.41. The smallest absolute Gasteiger partial charge is 0.177 e. The molecule has 166 valence electrons. The van der Waals surface area contributed by atoms with Crippen molar-refractivity contribution in [3.63, 3.8) is 0 Å². The molecule has 2 unspecified atom stereocenters. The predicted molar refractivity (Wildman–Crippen MR) is 116 cm³/mol. The molecule has 2 aliphatic carbocycles. The molecule has 0 bridgehead atoms. The molecular weight excluding hydrogens is 400 g/mol. The van der Waals surface area contributed by atoms with Gasteiger partial charge in [0.1, 0.15) is 5.82 Å². The lowest BCUT2D eigenvalue weighted by molar-refractivity contribution is 0.136. The van der Waals surface area contributed by atoms with E-state index in [1.165, 1.54) is 51.4 Å². The molecule has 2 aliphatic rings. The Hall–Kier alpha value is -1.47. The Morgan fingerprint density at radius 1 is 1.13 bits per heavy atom. The lowest BCUT2D eigenvalue weighted by atomic mass is 9.66. The van der Waals surface area contributed by atoms with Gasteiger partial charge in [-0.25, -0.2) is 4.98 Å². The molecule has 0 amide bonds. The summed E-state index contributed by atoms with van der Waals surface area (Å²) < 4.78 is 2.21. The molecule has 8 heteroatoms. The number of aliphatic hydroxyl groups is 1. The topological polar surface area (TPSA) is 92.5 Å². The number of nitrogens with one attached hydrogen (secondary N) is 1. The van der Waals surface area contributed by atoms with Crippen LogP contribution in [-0.4, -0.2) is 35.3 Å². The third-order valence-corrected chi connectivity index (χ3v) is 7.76. The SMILES string of the molecule is CCCCc1nc(Cl)c(CO)n1CC1CCC(C2CCCCC2c2nn[nH]n2)CC1. The van der Waals surface area contributed by atoms with E-state index in [1.54, 1.807) is 0 Å². The number of tetrazole rings is 1. The molecule has 7 nitrogen and oxygen atoms in total. The van der Waals surface area contributed by atoms with Crippen molar-refractivity contribution in [2.24, 2.45) is 17.8 Å². The van der Waals surface area contributed by atoms with Crippen LogP contribution >= 0.6 is 11.6 Å². The molecule has 0 saturated heterocycles. The second-order valence-corrected chi connectivity index (χ2v) is 9.60. The van der Waals surface area contributed by atoms with Gasteiger partial charge < -0.3 is 9.67 Å². The van der Waals surface area contributed by atoms with E-state index in [2.05, 4.69) is 37.1 Å². The van der Waals surface area contributed by atoms with Gasteiger partial charge in [0.2, 0.25) is 0 Å². The summed E-state index contributed by atoms with van der Waals surface area (Å²) in [4.78, 5) is 4.56. The van der Waals surface area contributed by atoms with E-state index < -0.39 is 0 Å². The molecule has 0 aliphatic heterocycles. The fourth-order valence-corrected chi connectivity index (χ4v) is 6.08. The van der Waals surface area contributed by atoms with Crippen LogP contribution in [0.3, 0.4) is 0 Å². The first-order valence-corrected chi connectivity index (χ1v) is 12.2. The molecule has 0 radical (unpaired) electrons. The van der Waals surface area contributed by atoms with Crippen molar-refractivity contribution in [3.8, 4) is 0 Å². The third kappa shape index (κ3) is 4.72. The maximum Gasteiger partial charge on any atom is 0.177 e. The van der Waals surface area contributed by atoms with Gasteiger partial charge in [0.15, 0.2) is 11.0 Å². The van der Waals surface area contributed by atoms with Crippen LogP contribution in [0.1, 0.15) is 94.4 Å². The van der Waals surface area contributed by atoms with Gasteiger partial charge in [0.25, 0.3) is 0 Å². The first kappa shape index (κ1) is 21.8. The van der Waals surface area contributed by atoms with Crippen molar-refractivity contribution in [1.29, 1.82) is 0 Å². The zero-order chi connectivity index (χ0) is 20.9. The molecule has 2 aromatic heterocycles. The van der Waals surface area contributed by atoms with Gasteiger partial charge in [0, 0.05) is 18.9 Å². The maximum atomic E-state index is 9.83. The summed E-state index contributed by atoms with van der Waals surface area (Å²) in [5.41, 5.74) is 0.786. The fraction of sp³-hybridized carbons (Fsp3) is 0.818. The summed E-state index contributed by atoms with van der Waals surface area (Å²) in [5, 5.41) is 25.4. The van der Waals surface area contributed by atoms with Crippen LogP contribution in [0.15, 0.2) is 0 Å². The number of hydrogen-bond donors (Lipinski definition) is 2. The Labute approximate surface area is 184 Å². The first-order valence-electron chi connectivity index (χ1n) is 11.8. The van der Waals surface area contributed by atoms with Gasteiger partial charge in [-0.3, -0.25) is 0 Å². The minimum atomic E-state index is -0.0399. The number of H-pyrrole nitrogens is 1. The summed E-state index contributed by atoms with van der Waals surface area (Å²) in [6, 6.07) is 0. The molecule has 2 atom stereocenters. The molecule has 30 heavy (non-hydrogen) atoms. The standard InChI is InChI=1S/C22H35ClN6O/c1-2-3-8-20-24-21(23)19(14-30)29(20)13-15-9-11-16(12-10-15)17-6-4-5-7-18(17)22-25-27-28-26-22/h15-18,30H,2-14H2,1H3,(H,25,26,27,28). The van der Waals surface area contributed by atoms with Crippen molar-refractivity contribution in [1.82, 2.24) is 30.2 Å². The molecule has 0 aromatic carbocycles. The highest BCUT2D eigenvalue weighted by Gasteiger charge is 2.37. The Morgan fingerprint density at radius 3 is 2.63 bits per heavy atom. The average molecular weight is 435 g/mol. The van der Waals surface area contributed by atoms with E-state index >= 15 is 0 Å². The van der Waals surface area contributed by atoms with Gasteiger partial charge in [-0.15, -0.1) is 10.2 Å². The number of aliphatic hydroxyl groups excluding tert-OH is 1. The predicted octanol–water partition coefficient (Wildman–Crippen LogP) is 4.66. The van der Waals surface area contributed by atoms with Crippen molar-refractivity contribution in [3.05, 3.63) is 22.5 Å². The minimum absolute atomic E-state index is 0.0399. The molecule has 2 fully saturated rings. The quantitative estimate of drug-likeness (QED) is 0.629. The van der Waals surface area contributed by atoms with Crippen LogP contribution in [0.5, 0.6) is 0 Å². The number of halogens is 1. The summed E-state index contributed by atoms with van der Waals surface area (Å²) in [7, 11) is 0. The highest BCUT2D eigenvalue weighted by molar-refractivity contribution is 6.30. The number of imidazole rings is 1. The second-order valence-electron chi connectivity index (χ2n) is 9.24. The molecule has 2 heterocycles. The fourth-order valence-electron chi connectivity index (χ4n) is 5.83. The number of nitrogens with zero attached hydrogens (tertiary/aromatic N) is 5. The highest BCUT2D eigenvalue weighted by Crippen LogP contribution is 2.46. The number of aromatic amines is 1. The van der Waals surface area contributed by atoms with Gasteiger partial charge in [-0.2, -0.15) is 5.21 Å². The van der Waals surface area contributed by atoms with Crippen LogP contribution in [0, 0.1) is 17.8 Å². The molecule has 2 aromatic rings. The maximum absolute atomic E-state index is 9.83. The Kier molecular flexibility index (Phi) is 7.41. The van der Waals surface area contributed by atoms with Gasteiger partial charge >= 0.3 is 0 Å². The molecule has 2 N–H and O–H groups in total. The van der Waals surface area contributed by atoms with Gasteiger partial charge in [0.05, 0.1) is 12.3 Å². The molecular formula is C22H35ClN6O. The van der Waals surface area contributed by atoms with Crippen LogP contribution in [0.25, 0.3) is 0 Å². The van der Waals surface area contributed by atoms with Crippen molar-refractivity contribution < 1.29 is 5.11 Å². The van der Waals surface area contributed by atoms with Crippen LogP contribution in [-0.2, 0) is 19.6 Å². The van der Waals surface area contributed by atoms with Crippen LogP contribution < -0.4 is 0 Å². The van der Waals surface area contributed by atoms with Gasteiger partial charge in [-0.1, -0.05) is 43.0 Å². The van der Waals surface area contributed by atoms with Crippen molar-refractivity contribution >= 4 is 11.6 Å². The summed E-state index contributed by atoms with van der Waals surface area (Å²) in [5.74, 6) is 4.50. The highest BCUT2D eigenvalue weighted by atomic mass is 35.5. The number of rotatable bonds is 8. The van der Waals surface area contributed by atoms with Crippen molar-refractivity contribution in [2.75, 3.05) is 0 Å². The molecule has 0 spiro atoms. The number of aromatic nitrogens is 6. The number of hydrogen-bond acceptors (Lipinski definition) is 5. The Morgan fingerprint density at radius 2 is 1.93 bits per heavy atom. The normalized spacial score (nSPS) is 27.4. The number of unbranched alkanes of at least 4 members (excludes halogenated alkanes) is 1. The minimum Gasteiger partial charge on any atom is -0.390 e. The largest absolute Gasteiger partial charge is 0.390 e. The van der Waals surface area contributed by atoms with E-state index in [4.69, 9.17) is 11.6 Å². The van der Waals surface area contributed by atoms with E-state index in [0.717, 1.165) is 49.1 Å². The first-order chi connectivity index (χ1) is 14.7. The monoisotopic (exact) mass is 434 g/mol. The second kappa shape index (κ2) is 10.2. The Balaban J connectivity index is 1.39. The summed E-state index contributed by atoms with van der Waals surface area (Å²) in [6.07, 6.45) is 13.2. The van der Waals surface area contributed by atoms with Gasteiger partial charge in [-0.05, 0) is 62.7 Å². The summed E-state index contributed by atoms with van der Waals surface area (Å²) in [6.45, 7) is 3.08. The molecule has 4 rings (SSSR count). The third-order valence-electron chi connectivity index (χ3n) is 7.46. The van der Waals surface area contributed by atoms with E-state index in [-0.39, 0.29) is 6.61 Å². The molecule has 2 saturated carbocycles. The zero-order valence-electron chi connectivity index (χ0n) is 18.1. The lowest BCUT2D eigenvalue weighted by Crippen LogP contribution is -2.30. The van der Waals surface area contributed by atoms with E-state index in [0.29, 0.717) is 22.9 Å².